The number of carbonyl (C=O) groups excluding carboxylic acids is 2. The highest BCUT2D eigenvalue weighted by Crippen LogP contribution is 2.27. The molecule has 1 saturated carbocycles. The number of nitrogens with two attached hydrogens (primary N) is 1. The third-order valence-electron chi connectivity index (χ3n) is 4.04. The average molecular weight is 326 g/mol. The van der Waals surface area contributed by atoms with Crippen molar-refractivity contribution >= 4 is 24.2 Å². The standard InChI is InChI=1S/C16H23N3O2.ClH/c1-19(12-13-7-3-2-4-8-13)14(20)11-18-15(21)16(17)9-5-6-10-16;/h2-4,7-8H,5-6,9-12,17H2,1H3,(H,18,21);1H. The number of nitrogens with zero attached hydrogens (tertiary/aromatic N) is 1. The van der Waals surface area contributed by atoms with Crippen LogP contribution in [0.25, 0.3) is 0 Å². The molecule has 0 heterocycles. The highest BCUT2D eigenvalue weighted by atomic mass is 35.5. The van der Waals surface area contributed by atoms with Crippen LogP contribution in [0.4, 0.5) is 0 Å². The van der Waals surface area contributed by atoms with Crippen LogP contribution in [0, 0.1) is 0 Å². The van der Waals surface area contributed by atoms with Crippen LogP contribution in [0.2, 0.25) is 0 Å². The van der Waals surface area contributed by atoms with E-state index < -0.39 is 5.54 Å². The number of hydrogen-bond donors (Lipinski definition) is 2. The van der Waals surface area contributed by atoms with E-state index in [4.69, 9.17) is 5.73 Å². The van der Waals surface area contributed by atoms with Gasteiger partial charge >= 0.3 is 0 Å². The second-order valence-electron chi connectivity index (χ2n) is 5.78. The Kier molecular flexibility index (Phi) is 6.84. The fraction of sp³-hybridized carbons (Fsp3) is 0.500. The van der Waals surface area contributed by atoms with E-state index in [9.17, 15) is 9.59 Å². The van der Waals surface area contributed by atoms with Crippen molar-refractivity contribution < 1.29 is 9.59 Å². The van der Waals surface area contributed by atoms with E-state index in [0.717, 1.165) is 18.4 Å². The van der Waals surface area contributed by atoms with Crippen molar-refractivity contribution in [1.82, 2.24) is 10.2 Å². The predicted molar refractivity (Wildman–Crippen MR) is 88.6 cm³/mol. The number of halogens is 1. The van der Waals surface area contributed by atoms with Gasteiger partial charge in [0.1, 0.15) is 0 Å². The summed E-state index contributed by atoms with van der Waals surface area (Å²) in [5.41, 5.74) is 6.33. The quantitative estimate of drug-likeness (QED) is 0.860. The Morgan fingerprint density at radius 2 is 1.82 bits per heavy atom. The van der Waals surface area contributed by atoms with Gasteiger partial charge in [0, 0.05) is 13.6 Å². The molecule has 122 valence electrons. The van der Waals surface area contributed by atoms with E-state index in [1.54, 1.807) is 11.9 Å². The van der Waals surface area contributed by atoms with Gasteiger partial charge in [-0.3, -0.25) is 9.59 Å². The van der Waals surface area contributed by atoms with Crippen molar-refractivity contribution in [3.63, 3.8) is 0 Å². The highest BCUT2D eigenvalue weighted by molar-refractivity contribution is 5.90. The Balaban J connectivity index is 0.00000242. The molecule has 0 aliphatic heterocycles. The molecule has 1 fully saturated rings. The number of rotatable bonds is 5. The fourth-order valence-corrected chi connectivity index (χ4v) is 2.65. The lowest BCUT2D eigenvalue weighted by Gasteiger charge is -2.23. The largest absolute Gasteiger partial charge is 0.345 e. The minimum Gasteiger partial charge on any atom is -0.345 e. The second kappa shape index (κ2) is 8.15. The molecule has 1 aromatic rings. The van der Waals surface area contributed by atoms with Crippen LogP contribution in [0.3, 0.4) is 0 Å². The molecule has 0 aromatic heterocycles. The second-order valence-corrected chi connectivity index (χ2v) is 5.78. The molecule has 0 bridgehead atoms. The van der Waals surface area contributed by atoms with Gasteiger partial charge in [0.2, 0.25) is 11.8 Å². The smallest absolute Gasteiger partial charge is 0.242 e. The molecular formula is C16H24ClN3O2. The highest BCUT2D eigenvalue weighted by Gasteiger charge is 2.36. The topological polar surface area (TPSA) is 75.4 Å². The molecule has 0 saturated heterocycles. The predicted octanol–water partition coefficient (Wildman–Crippen LogP) is 1.45. The first-order chi connectivity index (χ1) is 10.0. The fourth-order valence-electron chi connectivity index (χ4n) is 2.65. The minimum atomic E-state index is -0.779. The molecule has 6 heteroatoms. The normalized spacial score (nSPS) is 15.7. The molecule has 0 spiro atoms. The van der Waals surface area contributed by atoms with Crippen LogP contribution in [0.1, 0.15) is 31.2 Å². The van der Waals surface area contributed by atoms with Crippen LogP contribution in [0.5, 0.6) is 0 Å². The summed E-state index contributed by atoms with van der Waals surface area (Å²) in [5, 5.41) is 2.68. The van der Waals surface area contributed by atoms with Crippen molar-refractivity contribution in [3.05, 3.63) is 35.9 Å². The van der Waals surface area contributed by atoms with Gasteiger partial charge < -0.3 is 16.0 Å². The third kappa shape index (κ3) is 4.71. The molecule has 1 aromatic carbocycles. The minimum absolute atomic E-state index is 0. The molecule has 1 aliphatic rings. The van der Waals surface area contributed by atoms with E-state index in [0.29, 0.717) is 19.4 Å². The Labute approximate surface area is 137 Å². The first-order valence-electron chi connectivity index (χ1n) is 7.36. The molecule has 1 aliphatic carbocycles. The Hall–Kier alpha value is -1.59. The van der Waals surface area contributed by atoms with Crippen molar-refractivity contribution in [1.29, 1.82) is 0 Å². The number of amides is 2. The molecule has 2 rings (SSSR count). The summed E-state index contributed by atoms with van der Waals surface area (Å²) in [6.07, 6.45) is 3.36. The zero-order valence-electron chi connectivity index (χ0n) is 12.9. The third-order valence-corrected chi connectivity index (χ3v) is 4.04. The molecule has 22 heavy (non-hydrogen) atoms. The van der Waals surface area contributed by atoms with Gasteiger partial charge in [0.25, 0.3) is 0 Å². The summed E-state index contributed by atoms with van der Waals surface area (Å²) >= 11 is 0. The molecule has 2 amide bonds. The van der Waals surface area contributed by atoms with Crippen LogP contribution < -0.4 is 11.1 Å². The zero-order chi connectivity index (χ0) is 15.3. The monoisotopic (exact) mass is 325 g/mol. The van der Waals surface area contributed by atoms with E-state index >= 15 is 0 Å². The van der Waals surface area contributed by atoms with Crippen LogP contribution in [0.15, 0.2) is 30.3 Å². The van der Waals surface area contributed by atoms with Crippen molar-refractivity contribution in [2.75, 3.05) is 13.6 Å². The molecule has 0 radical (unpaired) electrons. The summed E-state index contributed by atoms with van der Waals surface area (Å²) in [7, 11) is 1.73. The number of nitrogens with one attached hydrogen (secondary N) is 1. The van der Waals surface area contributed by atoms with E-state index in [1.807, 2.05) is 30.3 Å². The number of benzene rings is 1. The summed E-state index contributed by atoms with van der Waals surface area (Å²) < 4.78 is 0. The number of carbonyl (C=O) groups is 2. The lowest BCUT2D eigenvalue weighted by Crippen LogP contribution is -2.53. The molecular weight excluding hydrogens is 302 g/mol. The molecule has 5 nitrogen and oxygen atoms in total. The zero-order valence-corrected chi connectivity index (χ0v) is 13.7. The van der Waals surface area contributed by atoms with Gasteiger partial charge in [-0.05, 0) is 18.4 Å². The maximum atomic E-state index is 12.0. The lowest BCUT2D eigenvalue weighted by molar-refractivity contribution is -0.133. The van der Waals surface area contributed by atoms with Gasteiger partial charge in [0.15, 0.2) is 0 Å². The average Bonchev–Trinajstić information content (AvgIpc) is 2.93. The van der Waals surface area contributed by atoms with E-state index in [1.165, 1.54) is 0 Å². The van der Waals surface area contributed by atoms with E-state index in [-0.39, 0.29) is 30.8 Å². The number of hydrogen-bond acceptors (Lipinski definition) is 3. The van der Waals surface area contributed by atoms with Gasteiger partial charge in [0.05, 0.1) is 12.1 Å². The summed E-state index contributed by atoms with van der Waals surface area (Å²) in [6.45, 7) is 0.532. The molecule has 0 atom stereocenters. The molecule has 3 N–H and O–H groups in total. The Morgan fingerprint density at radius 1 is 1.23 bits per heavy atom. The SMILES string of the molecule is CN(Cc1ccccc1)C(=O)CNC(=O)C1(N)CCCC1.Cl. The van der Waals surface area contributed by atoms with Crippen molar-refractivity contribution in [2.45, 2.75) is 37.8 Å². The number of likely N-dealkylation sites (N-methyl/N-ethyl adjacent to an activating group) is 1. The van der Waals surface area contributed by atoms with E-state index in [2.05, 4.69) is 5.32 Å². The van der Waals surface area contributed by atoms with Gasteiger partial charge in [-0.1, -0.05) is 43.2 Å². The van der Waals surface area contributed by atoms with Crippen molar-refractivity contribution in [2.24, 2.45) is 5.73 Å². The maximum Gasteiger partial charge on any atom is 0.242 e. The van der Waals surface area contributed by atoms with Crippen LogP contribution in [-0.2, 0) is 16.1 Å². The first-order valence-corrected chi connectivity index (χ1v) is 7.36. The van der Waals surface area contributed by atoms with Crippen molar-refractivity contribution in [3.8, 4) is 0 Å². The Bertz CT molecular complexity index is 501. The van der Waals surface area contributed by atoms with Gasteiger partial charge in [-0.15, -0.1) is 12.4 Å². The van der Waals surface area contributed by atoms with Crippen LogP contribution in [-0.4, -0.2) is 35.8 Å². The Morgan fingerprint density at radius 3 is 2.41 bits per heavy atom. The van der Waals surface area contributed by atoms with Gasteiger partial charge in [-0.2, -0.15) is 0 Å². The van der Waals surface area contributed by atoms with Crippen LogP contribution >= 0.6 is 12.4 Å². The summed E-state index contributed by atoms with van der Waals surface area (Å²) in [4.78, 5) is 25.7. The first kappa shape index (κ1) is 18.5. The molecule has 0 unspecified atom stereocenters. The summed E-state index contributed by atoms with van der Waals surface area (Å²) in [5.74, 6) is -0.324. The maximum absolute atomic E-state index is 12.0. The summed E-state index contributed by atoms with van der Waals surface area (Å²) in [6, 6.07) is 9.75. The lowest BCUT2D eigenvalue weighted by atomic mass is 9.98. The van der Waals surface area contributed by atoms with Gasteiger partial charge in [-0.25, -0.2) is 0 Å².